The van der Waals surface area contributed by atoms with Gasteiger partial charge in [-0.05, 0) is 56.3 Å². The van der Waals surface area contributed by atoms with Crippen LogP contribution in [0.25, 0.3) is 0 Å². The molecule has 2 rings (SSSR count). The Balaban J connectivity index is 1.98. The highest BCUT2D eigenvalue weighted by Gasteiger charge is 2.14. The predicted octanol–water partition coefficient (Wildman–Crippen LogP) is 4.83. The Kier molecular flexibility index (Phi) is 6.13. The molecule has 0 saturated heterocycles. The van der Waals surface area contributed by atoms with Gasteiger partial charge in [-0.25, -0.2) is 0 Å². The minimum absolute atomic E-state index is 0.206. The summed E-state index contributed by atoms with van der Waals surface area (Å²) in [7, 11) is 0. The maximum Gasteiger partial charge on any atom is 0.246 e. The molecular weight excluding hydrogens is 335 g/mol. The predicted molar refractivity (Wildman–Crippen MR) is 95.8 cm³/mol. The van der Waals surface area contributed by atoms with Crippen LogP contribution in [0.2, 0.25) is 10.0 Å². The van der Waals surface area contributed by atoms with Gasteiger partial charge in [-0.15, -0.1) is 0 Å². The van der Waals surface area contributed by atoms with Crippen molar-refractivity contribution in [2.75, 3.05) is 17.2 Å². The van der Waals surface area contributed by atoms with Crippen molar-refractivity contribution < 1.29 is 9.53 Å². The number of amides is 1. The van der Waals surface area contributed by atoms with Crippen LogP contribution >= 0.6 is 23.2 Å². The largest absolute Gasteiger partial charge is 0.494 e. The van der Waals surface area contributed by atoms with Gasteiger partial charge >= 0.3 is 0 Å². The number of carbonyl (C=O) groups is 1. The van der Waals surface area contributed by atoms with E-state index in [2.05, 4.69) is 10.6 Å². The van der Waals surface area contributed by atoms with Crippen molar-refractivity contribution in [2.45, 2.75) is 19.9 Å². The van der Waals surface area contributed by atoms with Crippen molar-refractivity contribution in [3.8, 4) is 5.75 Å². The van der Waals surface area contributed by atoms with Crippen LogP contribution in [-0.2, 0) is 4.79 Å². The molecule has 0 spiro atoms. The van der Waals surface area contributed by atoms with Gasteiger partial charge in [0.05, 0.1) is 17.3 Å². The fourth-order valence-corrected chi connectivity index (χ4v) is 2.30. The number of hydrogen-bond donors (Lipinski definition) is 2. The smallest absolute Gasteiger partial charge is 0.246 e. The van der Waals surface area contributed by atoms with E-state index in [-0.39, 0.29) is 5.91 Å². The van der Waals surface area contributed by atoms with Gasteiger partial charge < -0.3 is 15.4 Å². The zero-order chi connectivity index (χ0) is 16.8. The molecule has 0 bridgehead atoms. The zero-order valence-corrected chi connectivity index (χ0v) is 14.4. The third-order valence-corrected chi connectivity index (χ3v) is 3.69. The lowest BCUT2D eigenvalue weighted by molar-refractivity contribution is -0.116. The number of anilines is 2. The average Bonchev–Trinajstić information content (AvgIpc) is 2.53. The lowest BCUT2D eigenvalue weighted by Gasteiger charge is -2.16. The van der Waals surface area contributed by atoms with Crippen LogP contribution in [0.15, 0.2) is 42.5 Å². The summed E-state index contributed by atoms with van der Waals surface area (Å²) in [5, 5.41) is 6.83. The van der Waals surface area contributed by atoms with Gasteiger partial charge in [0.1, 0.15) is 11.8 Å². The molecule has 2 aromatic rings. The second-order valence-electron chi connectivity index (χ2n) is 4.94. The summed E-state index contributed by atoms with van der Waals surface area (Å²) in [4.78, 5) is 12.2. The van der Waals surface area contributed by atoms with Crippen molar-refractivity contribution >= 4 is 40.5 Å². The molecule has 6 heteroatoms. The van der Waals surface area contributed by atoms with E-state index in [1.165, 1.54) is 0 Å². The number of nitrogens with one attached hydrogen (secondary N) is 2. The second kappa shape index (κ2) is 8.09. The second-order valence-corrected chi connectivity index (χ2v) is 5.78. The Labute approximate surface area is 145 Å². The van der Waals surface area contributed by atoms with Gasteiger partial charge in [0.25, 0.3) is 0 Å². The molecule has 2 N–H and O–H groups in total. The summed E-state index contributed by atoms with van der Waals surface area (Å²) in [6.45, 7) is 4.32. The van der Waals surface area contributed by atoms with Crippen LogP contribution < -0.4 is 15.4 Å². The first-order valence-corrected chi connectivity index (χ1v) is 8.00. The third kappa shape index (κ3) is 5.05. The maximum absolute atomic E-state index is 12.2. The molecule has 0 aliphatic rings. The van der Waals surface area contributed by atoms with E-state index >= 15 is 0 Å². The number of rotatable bonds is 6. The molecule has 0 saturated carbocycles. The molecule has 2 aromatic carbocycles. The third-order valence-electron chi connectivity index (χ3n) is 3.13. The van der Waals surface area contributed by atoms with Crippen LogP contribution in [0.4, 0.5) is 11.4 Å². The lowest BCUT2D eigenvalue weighted by atomic mass is 10.2. The van der Waals surface area contributed by atoms with Gasteiger partial charge in [-0.1, -0.05) is 23.2 Å². The van der Waals surface area contributed by atoms with E-state index < -0.39 is 6.04 Å². The summed E-state index contributed by atoms with van der Waals surface area (Å²) in [5.74, 6) is 0.587. The highest BCUT2D eigenvalue weighted by atomic mass is 35.5. The molecule has 122 valence electrons. The molecule has 0 radical (unpaired) electrons. The van der Waals surface area contributed by atoms with E-state index in [0.29, 0.717) is 22.3 Å². The molecular formula is C17H18Cl2N2O2. The van der Waals surface area contributed by atoms with Crippen molar-refractivity contribution in [3.05, 3.63) is 52.5 Å². The number of benzene rings is 2. The lowest BCUT2D eigenvalue weighted by Crippen LogP contribution is -2.31. The quantitative estimate of drug-likeness (QED) is 0.782. The molecule has 4 nitrogen and oxygen atoms in total. The van der Waals surface area contributed by atoms with Gasteiger partial charge in [0.2, 0.25) is 5.91 Å². The average molecular weight is 353 g/mol. The standard InChI is InChI=1S/C17H18Cl2N2O2/c1-3-23-14-7-5-13(6-8-14)20-11(2)17(22)21-16-10-12(18)4-9-15(16)19/h4-11,20H,3H2,1-2H3,(H,21,22)/t11-/m0/s1. The fraction of sp³-hybridized carbons (Fsp3) is 0.235. The number of halogens is 2. The fourth-order valence-electron chi connectivity index (χ4n) is 1.96. The van der Waals surface area contributed by atoms with E-state index in [4.69, 9.17) is 27.9 Å². The number of ether oxygens (including phenoxy) is 1. The first-order valence-electron chi connectivity index (χ1n) is 7.25. The Morgan fingerprint density at radius 2 is 1.87 bits per heavy atom. The molecule has 0 unspecified atom stereocenters. The Morgan fingerprint density at radius 3 is 2.52 bits per heavy atom. The van der Waals surface area contributed by atoms with E-state index in [0.717, 1.165) is 11.4 Å². The van der Waals surface area contributed by atoms with Crippen molar-refractivity contribution in [2.24, 2.45) is 0 Å². The van der Waals surface area contributed by atoms with Crippen LogP contribution in [0, 0.1) is 0 Å². The topological polar surface area (TPSA) is 50.4 Å². The van der Waals surface area contributed by atoms with Crippen LogP contribution in [0.1, 0.15) is 13.8 Å². The molecule has 23 heavy (non-hydrogen) atoms. The van der Waals surface area contributed by atoms with Gasteiger partial charge in [0, 0.05) is 10.7 Å². The molecule has 1 amide bonds. The Morgan fingerprint density at radius 1 is 1.17 bits per heavy atom. The molecule has 0 fully saturated rings. The van der Waals surface area contributed by atoms with Crippen molar-refractivity contribution in [1.82, 2.24) is 0 Å². The SMILES string of the molecule is CCOc1ccc(N[C@@H](C)C(=O)Nc2cc(Cl)ccc2Cl)cc1. The number of carbonyl (C=O) groups excluding carboxylic acids is 1. The van der Waals surface area contributed by atoms with Crippen molar-refractivity contribution in [3.63, 3.8) is 0 Å². The summed E-state index contributed by atoms with van der Waals surface area (Å²) in [6, 6.07) is 11.9. The van der Waals surface area contributed by atoms with Crippen molar-refractivity contribution in [1.29, 1.82) is 0 Å². The summed E-state index contributed by atoms with van der Waals surface area (Å²) in [6.07, 6.45) is 0. The van der Waals surface area contributed by atoms with Gasteiger partial charge in [0.15, 0.2) is 0 Å². The minimum Gasteiger partial charge on any atom is -0.494 e. The number of hydrogen-bond acceptors (Lipinski definition) is 3. The zero-order valence-electron chi connectivity index (χ0n) is 12.9. The monoisotopic (exact) mass is 352 g/mol. The molecule has 0 aliphatic heterocycles. The van der Waals surface area contributed by atoms with Crippen LogP contribution in [0.3, 0.4) is 0 Å². The normalized spacial score (nSPS) is 11.7. The molecule has 0 aromatic heterocycles. The highest BCUT2D eigenvalue weighted by molar-refractivity contribution is 6.35. The highest BCUT2D eigenvalue weighted by Crippen LogP contribution is 2.25. The Hall–Kier alpha value is -1.91. The van der Waals surface area contributed by atoms with E-state index in [1.54, 1.807) is 25.1 Å². The first-order chi connectivity index (χ1) is 11.0. The molecule has 0 aliphatic carbocycles. The first kappa shape index (κ1) is 17.4. The van der Waals surface area contributed by atoms with Gasteiger partial charge in [-0.3, -0.25) is 4.79 Å². The minimum atomic E-state index is -0.442. The van der Waals surface area contributed by atoms with Gasteiger partial charge in [-0.2, -0.15) is 0 Å². The maximum atomic E-state index is 12.2. The summed E-state index contributed by atoms with van der Waals surface area (Å²) < 4.78 is 5.38. The summed E-state index contributed by atoms with van der Waals surface area (Å²) >= 11 is 12.0. The molecule has 0 heterocycles. The van der Waals surface area contributed by atoms with Crippen LogP contribution in [-0.4, -0.2) is 18.6 Å². The van der Waals surface area contributed by atoms with Crippen LogP contribution in [0.5, 0.6) is 5.75 Å². The van der Waals surface area contributed by atoms with E-state index in [1.807, 2.05) is 31.2 Å². The summed E-state index contributed by atoms with van der Waals surface area (Å²) in [5.41, 5.74) is 1.32. The molecule has 1 atom stereocenters. The Bertz CT molecular complexity index is 675. The van der Waals surface area contributed by atoms with E-state index in [9.17, 15) is 4.79 Å².